The molecule has 0 fully saturated rings. The van der Waals surface area contributed by atoms with Crippen molar-refractivity contribution >= 4 is 22.9 Å². The molecular formula is C13H18N4OS. The van der Waals surface area contributed by atoms with Crippen LogP contribution in [0.25, 0.3) is 0 Å². The van der Waals surface area contributed by atoms with Crippen molar-refractivity contribution in [2.75, 3.05) is 5.73 Å². The van der Waals surface area contributed by atoms with Crippen LogP contribution >= 0.6 is 11.3 Å². The second-order valence-corrected chi connectivity index (χ2v) is 5.18. The molecule has 0 aliphatic heterocycles. The van der Waals surface area contributed by atoms with E-state index in [0.29, 0.717) is 17.9 Å². The molecule has 1 atom stereocenters. The number of aryl methyl sites for hydroxylation is 1. The molecule has 19 heavy (non-hydrogen) atoms. The highest BCUT2D eigenvalue weighted by atomic mass is 32.1. The molecule has 2 aromatic rings. The van der Waals surface area contributed by atoms with E-state index < -0.39 is 0 Å². The van der Waals surface area contributed by atoms with Gasteiger partial charge in [0.05, 0.1) is 11.7 Å². The average Bonchev–Trinajstić information content (AvgIpc) is 3.04. The van der Waals surface area contributed by atoms with Crippen LogP contribution in [0, 0.1) is 0 Å². The van der Waals surface area contributed by atoms with Crippen LogP contribution in [-0.2, 0) is 6.54 Å². The van der Waals surface area contributed by atoms with Crippen LogP contribution in [0.4, 0.5) is 5.69 Å². The summed E-state index contributed by atoms with van der Waals surface area (Å²) in [6.45, 7) is 4.72. The molecule has 0 bridgehead atoms. The second kappa shape index (κ2) is 5.88. The zero-order valence-corrected chi connectivity index (χ0v) is 11.9. The van der Waals surface area contributed by atoms with E-state index in [2.05, 4.69) is 10.3 Å². The fraction of sp³-hybridized carbons (Fsp3) is 0.385. The molecule has 2 rings (SSSR count). The Morgan fingerprint density at radius 3 is 2.95 bits per heavy atom. The first-order valence-corrected chi connectivity index (χ1v) is 7.19. The van der Waals surface area contributed by atoms with Gasteiger partial charge in [-0.2, -0.15) is 0 Å². The summed E-state index contributed by atoms with van der Waals surface area (Å²) in [7, 11) is 0. The number of nitrogens with zero attached hydrogens (tertiary/aromatic N) is 2. The lowest BCUT2D eigenvalue weighted by molar-refractivity contribution is 0.0926. The van der Waals surface area contributed by atoms with E-state index in [1.165, 1.54) is 0 Å². The molecule has 1 unspecified atom stereocenters. The number of aromatic nitrogens is 2. The molecular weight excluding hydrogens is 260 g/mol. The molecule has 2 aromatic heterocycles. The van der Waals surface area contributed by atoms with E-state index >= 15 is 0 Å². The molecule has 0 saturated carbocycles. The van der Waals surface area contributed by atoms with Gasteiger partial charge in [0.25, 0.3) is 5.91 Å². The number of thiazole rings is 1. The summed E-state index contributed by atoms with van der Waals surface area (Å²) in [5, 5.41) is 5.85. The molecule has 0 spiro atoms. The van der Waals surface area contributed by atoms with Gasteiger partial charge in [-0.3, -0.25) is 4.79 Å². The zero-order chi connectivity index (χ0) is 13.8. The number of hydrogen-bond donors (Lipinski definition) is 2. The molecule has 0 radical (unpaired) electrons. The molecule has 2 heterocycles. The summed E-state index contributed by atoms with van der Waals surface area (Å²) in [5.74, 6) is -0.111. The topological polar surface area (TPSA) is 72.9 Å². The van der Waals surface area contributed by atoms with Crippen LogP contribution in [0.3, 0.4) is 0 Å². The van der Waals surface area contributed by atoms with E-state index in [4.69, 9.17) is 5.73 Å². The van der Waals surface area contributed by atoms with Crippen molar-refractivity contribution in [3.8, 4) is 0 Å². The fourth-order valence-corrected chi connectivity index (χ4v) is 2.74. The van der Waals surface area contributed by atoms with Gasteiger partial charge in [-0.15, -0.1) is 11.3 Å². The molecule has 6 heteroatoms. The maximum Gasteiger partial charge on any atom is 0.268 e. The monoisotopic (exact) mass is 278 g/mol. The number of anilines is 1. The van der Waals surface area contributed by atoms with E-state index in [9.17, 15) is 4.79 Å². The van der Waals surface area contributed by atoms with Gasteiger partial charge in [0.15, 0.2) is 0 Å². The average molecular weight is 278 g/mol. The second-order valence-electron chi connectivity index (χ2n) is 4.25. The van der Waals surface area contributed by atoms with Crippen LogP contribution in [0.5, 0.6) is 0 Å². The first-order chi connectivity index (χ1) is 9.15. The van der Waals surface area contributed by atoms with Crippen molar-refractivity contribution in [2.24, 2.45) is 0 Å². The lowest BCUT2D eigenvalue weighted by Gasteiger charge is -2.15. The molecule has 3 N–H and O–H groups in total. The van der Waals surface area contributed by atoms with E-state index in [0.717, 1.165) is 11.4 Å². The Bertz CT molecular complexity index is 547. The highest BCUT2D eigenvalue weighted by Crippen LogP contribution is 2.20. The number of nitrogens with two attached hydrogens (primary N) is 1. The zero-order valence-electron chi connectivity index (χ0n) is 11.1. The van der Waals surface area contributed by atoms with E-state index in [-0.39, 0.29) is 11.9 Å². The first kappa shape index (κ1) is 13.6. The number of carbonyl (C=O) groups excluding carboxylic acids is 1. The van der Waals surface area contributed by atoms with Crippen LogP contribution in [-0.4, -0.2) is 15.5 Å². The molecule has 0 saturated heterocycles. The maximum atomic E-state index is 12.3. The number of amides is 1. The molecule has 5 nitrogen and oxygen atoms in total. The lowest BCUT2D eigenvalue weighted by atomic mass is 10.2. The van der Waals surface area contributed by atoms with Gasteiger partial charge in [0.1, 0.15) is 10.7 Å². The third-order valence-electron chi connectivity index (χ3n) is 2.95. The standard InChI is InChI=1S/C13H18N4OS/c1-3-10(13-15-5-6-19-13)16-12(18)11-7-9(14)8-17(11)4-2/h5-8,10H,3-4,14H2,1-2H3,(H,16,18). The number of nitrogen functional groups attached to an aromatic ring is 1. The Morgan fingerprint density at radius 2 is 2.37 bits per heavy atom. The third kappa shape index (κ3) is 2.96. The number of nitrogens with one attached hydrogen (secondary N) is 1. The number of rotatable bonds is 5. The quantitative estimate of drug-likeness (QED) is 0.882. The lowest BCUT2D eigenvalue weighted by Crippen LogP contribution is -2.29. The van der Waals surface area contributed by atoms with Crippen molar-refractivity contribution in [2.45, 2.75) is 32.9 Å². The minimum Gasteiger partial charge on any atom is -0.397 e. The van der Waals surface area contributed by atoms with Gasteiger partial charge in [-0.1, -0.05) is 6.92 Å². The number of carbonyl (C=O) groups is 1. The Balaban J connectivity index is 2.15. The van der Waals surface area contributed by atoms with E-state index in [1.807, 2.05) is 23.8 Å². The van der Waals surface area contributed by atoms with Gasteiger partial charge in [0.2, 0.25) is 0 Å². The Kier molecular flexibility index (Phi) is 4.21. The predicted octanol–water partition coefficient (Wildman–Crippen LogP) is 2.43. The SMILES string of the molecule is CCC(NC(=O)c1cc(N)cn1CC)c1nccs1. The fourth-order valence-electron chi connectivity index (χ4n) is 1.96. The Labute approximate surface area is 116 Å². The molecule has 0 aliphatic carbocycles. The number of hydrogen-bond acceptors (Lipinski definition) is 4. The Morgan fingerprint density at radius 1 is 1.58 bits per heavy atom. The van der Waals surface area contributed by atoms with Gasteiger partial charge < -0.3 is 15.6 Å². The van der Waals surface area contributed by atoms with Gasteiger partial charge in [-0.25, -0.2) is 4.98 Å². The largest absolute Gasteiger partial charge is 0.397 e. The highest BCUT2D eigenvalue weighted by Gasteiger charge is 2.18. The van der Waals surface area contributed by atoms with Gasteiger partial charge >= 0.3 is 0 Å². The minimum absolute atomic E-state index is 0.0473. The molecule has 0 aliphatic rings. The van der Waals surface area contributed by atoms with Crippen LogP contribution in [0.2, 0.25) is 0 Å². The third-order valence-corrected chi connectivity index (χ3v) is 3.84. The van der Waals surface area contributed by atoms with Crippen molar-refractivity contribution < 1.29 is 4.79 Å². The van der Waals surface area contributed by atoms with E-state index in [1.54, 1.807) is 29.8 Å². The summed E-state index contributed by atoms with van der Waals surface area (Å²) >= 11 is 1.55. The van der Waals surface area contributed by atoms with Crippen molar-refractivity contribution in [1.29, 1.82) is 0 Å². The van der Waals surface area contributed by atoms with Crippen molar-refractivity contribution in [3.63, 3.8) is 0 Å². The molecule has 1 amide bonds. The first-order valence-electron chi connectivity index (χ1n) is 6.31. The van der Waals surface area contributed by atoms with Gasteiger partial charge in [-0.05, 0) is 19.4 Å². The van der Waals surface area contributed by atoms with Crippen molar-refractivity contribution in [3.05, 3.63) is 34.5 Å². The van der Waals surface area contributed by atoms with Crippen LogP contribution in [0.1, 0.15) is 41.8 Å². The summed E-state index contributed by atoms with van der Waals surface area (Å²) < 4.78 is 1.85. The Hall–Kier alpha value is -1.82. The van der Waals surface area contributed by atoms with Crippen LogP contribution in [0.15, 0.2) is 23.8 Å². The smallest absolute Gasteiger partial charge is 0.268 e. The highest BCUT2D eigenvalue weighted by molar-refractivity contribution is 7.09. The summed E-state index contributed by atoms with van der Waals surface area (Å²) in [5.41, 5.74) is 6.94. The maximum absolute atomic E-state index is 12.3. The summed E-state index contributed by atoms with van der Waals surface area (Å²) in [6, 6.07) is 1.65. The molecule has 0 aromatic carbocycles. The minimum atomic E-state index is -0.111. The van der Waals surface area contributed by atoms with Crippen LogP contribution < -0.4 is 11.1 Å². The van der Waals surface area contributed by atoms with Gasteiger partial charge in [0, 0.05) is 24.3 Å². The summed E-state index contributed by atoms with van der Waals surface area (Å²) in [4.78, 5) is 16.5. The molecule has 102 valence electrons. The summed E-state index contributed by atoms with van der Waals surface area (Å²) in [6.07, 6.45) is 4.34. The van der Waals surface area contributed by atoms with Crippen molar-refractivity contribution in [1.82, 2.24) is 14.9 Å². The normalized spacial score (nSPS) is 12.3. The predicted molar refractivity (Wildman–Crippen MR) is 77.1 cm³/mol.